The third kappa shape index (κ3) is 3.31. The van der Waals surface area contributed by atoms with Gasteiger partial charge >= 0.3 is 5.97 Å². The molecule has 1 aliphatic heterocycles. The molecule has 2 aromatic rings. The molecule has 1 aliphatic rings. The summed E-state index contributed by atoms with van der Waals surface area (Å²) < 4.78 is 0.798. The van der Waals surface area contributed by atoms with Crippen molar-refractivity contribution in [2.45, 2.75) is 18.9 Å². The Hall–Kier alpha value is -0.880. The summed E-state index contributed by atoms with van der Waals surface area (Å²) >= 11 is 9.45. The second kappa shape index (κ2) is 6.48. The predicted molar refractivity (Wildman–Crippen MR) is 87.4 cm³/mol. The summed E-state index contributed by atoms with van der Waals surface area (Å²) in [7, 11) is 0. The van der Waals surface area contributed by atoms with Crippen molar-refractivity contribution in [3.63, 3.8) is 0 Å². The van der Waals surface area contributed by atoms with Crippen LogP contribution in [0.5, 0.6) is 0 Å². The molecule has 21 heavy (non-hydrogen) atoms. The highest BCUT2D eigenvalue weighted by molar-refractivity contribution is 7.16. The van der Waals surface area contributed by atoms with Crippen LogP contribution in [-0.4, -0.2) is 29.1 Å². The molecule has 0 aliphatic carbocycles. The number of likely N-dealkylation sites (tertiary alicyclic amines) is 1. The van der Waals surface area contributed by atoms with Crippen molar-refractivity contribution in [1.82, 2.24) is 4.90 Å². The lowest BCUT2D eigenvalue weighted by atomic mass is 9.95. The summed E-state index contributed by atoms with van der Waals surface area (Å²) in [6.07, 6.45) is 1.44. The van der Waals surface area contributed by atoms with Crippen molar-refractivity contribution in [3.05, 3.63) is 43.7 Å². The molecule has 0 aromatic carbocycles. The van der Waals surface area contributed by atoms with Gasteiger partial charge < -0.3 is 5.11 Å². The summed E-state index contributed by atoms with van der Waals surface area (Å²) in [5, 5.41) is 11.2. The first-order valence-corrected chi connectivity index (χ1v) is 8.98. The van der Waals surface area contributed by atoms with Crippen LogP contribution in [0.4, 0.5) is 0 Å². The van der Waals surface area contributed by atoms with E-state index in [4.69, 9.17) is 16.7 Å². The Balaban J connectivity index is 1.82. The fraction of sp³-hybridized carbons (Fsp3) is 0.400. The first-order valence-electron chi connectivity index (χ1n) is 6.90. The first kappa shape index (κ1) is 15.0. The van der Waals surface area contributed by atoms with E-state index in [1.807, 2.05) is 6.07 Å². The second-order valence-corrected chi connectivity index (χ2v) is 7.93. The summed E-state index contributed by atoms with van der Waals surface area (Å²) in [4.78, 5) is 16.0. The minimum atomic E-state index is -0.665. The minimum absolute atomic E-state index is 0.197. The number of rotatable bonds is 4. The Kier molecular flexibility index (Phi) is 4.64. The van der Waals surface area contributed by atoms with E-state index in [1.165, 1.54) is 9.75 Å². The smallest absolute Gasteiger partial charge is 0.306 e. The van der Waals surface area contributed by atoms with Gasteiger partial charge in [-0.2, -0.15) is 0 Å². The van der Waals surface area contributed by atoms with Crippen LogP contribution in [-0.2, 0) is 4.79 Å². The zero-order chi connectivity index (χ0) is 14.8. The van der Waals surface area contributed by atoms with E-state index in [0.29, 0.717) is 0 Å². The topological polar surface area (TPSA) is 40.5 Å². The van der Waals surface area contributed by atoms with Gasteiger partial charge in [0, 0.05) is 9.75 Å². The lowest BCUT2D eigenvalue weighted by Crippen LogP contribution is -2.38. The number of halogens is 1. The number of hydrogen-bond donors (Lipinski definition) is 1. The van der Waals surface area contributed by atoms with E-state index in [0.717, 1.165) is 30.3 Å². The molecule has 0 bridgehead atoms. The van der Waals surface area contributed by atoms with Gasteiger partial charge in [0.2, 0.25) is 0 Å². The Morgan fingerprint density at radius 3 is 2.57 bits per heavy atom. The molecule has 1 saturated heterocycles. The van der Waals surface area contributed by atoms with Gasteiger partial charge in [0.25, 0.3) is 0 Å². The van der Waals surface area contributed by atoms with Gasteiger partial charge in [0.05, 0.1) is 16.3 Å². The molecule has 3 nitrogen and oxygen atoms in total. The van der Waals surface area contributed by atoms with Crippen molar-refractivity contribution in [2.75, 3.05) is 13.1 Å². The van der Waals surface area contributed by atoms with Crippen molar-refractivity contribution in [3.8, 4) is 0 Å². The third-order valence-electron chi connectivity index (χ3n) is 3.92. The van der Waals surface area contributed by atoms with Gasteiger partial charge in [0.15, 0.2) is 0 Å². The molecule has 1 fully saturated rings. The molecule has 0 spiro atoms. The summed E-state index contributed by atoms with van der Waals surface area (Å²) in [6.45, 7) is 1.63. The highest BCUT2D eigenvalue weighted by atomic mass is 35.5. The summed E-state index contributed by atoms with van der Waals surface area (Å²) in [5.41, 5.74) is 0. The Labute approximate surface area is 136 Å². The highest BCUT2D eigenvalue weighted by Crippen LogP contribution is 2.38. The number of nitrogens with zero attached hydrogens (tertiary/aromatic N) is 1. The molecule has 112 valence electrons. The molecule has 6 heteroatoms. The van der Waals surface area contributed by atoms with Crippen molar-refractivity contribution in [1.29, 1.82) is 0 Å². The molecule has 1 unspecified atom stereocenters. The maximum atomic E-state index is 11.1. The van der Waals surface area contributed by atoms with E-state index >= 15 is 0 Å². The van der Waals surface area contributed by atoms with Gasteiger partial charge in [-0.1, -0.05) is 17.7 Å². The van der Waals surface area contributed by atoms with E-state index in [1.54, 1.807) is 22.7 Å². The quantitative estimate of drug-likeness (QED) is 0.898. The fourth-order valence-electron chi connectivity index (χ4n) is 2.83. The standard InChI is InChI=1S/C15H16ClNO2S2/c16-13-4-3-12(21-13)14(11-2-1-9-20-11)17-7-5-10(6-8-17)15(18)19/h1-4,9-10,14H,5-8H2,(H,18,19). The van der Waals surface area contributed by atoms with E-state index < -0.39 is 5.97 Å². The third-order valence-corrected chi connectivity index (χ3v) is 6.13. The normalized spacial score (nSPS) is 18.7. The Morgan fingerprint density at radius 1 is 1.29 bits per heavy atom. The van der Waals surface area contributed by atoms with Crippen LogP contribution in [0.1, 0.15) is 28.6 Å². The van der Waals surface area contributed by atoms with Crippen LogP contribution >= 0.6 is 34.3 Å². The average Bonchev–Trinajstić information content (AvgIpc) is 3.12. The number of carbonyl (C=O) groups is 1. The van der Waals surface area contributed by atoms with E-state index in [-0.39, 0.29) is 12.0 Å². The summed E-state index contributed by atoms with van der Waals surface area (Å²) in [6, 6.07) is 8.43. The zero-order valence-electron chi connectivity index (χ0n) is 11.4. The molecule has 3 rings (SSSR count). The molecule has 0 radical (unpaired) electrons. The number of carboxylic acid groups (broad SMARTS) is 1. The zero-order valence-corrected chi connectivity index (χ0v) is 13.8. The van der Waals surface area contributed by atoms with E-state index in [2.05, 4.69) is 28.5 Å². The first-order chi connectivity index (χ1) is 10.1. The molecule has 1 N–H and O–H groups in total. The van der Waals surface area contributed by atoms with Crippen LogP contribution in [0.2, 0.25) is 4.34 Å². The lowest BCUT2D eigenvalue weighted by Gasteiger charge is -2.35. The molecule has 1 atom stereocenters. The number of thiophene rings is 2. The number of hydrogen-bond acceptors (Lipinski definition) is 4. The average molecular weight is 342 g/mol. The van der Waals surface area contributed by atoms with Crippen LogP contribution in [0.25, 0.3) is 0 Å². The number of aliphatic carboxylic acids is 1. The van der Waals surface area contributed by atoms with Crippen molar-refractivity contribution in [2.24, 2.45) is 5.92 Å². The molecule has 0 amide bonds. The maximum absolute atomic E-state index is 11.1. The number of piperidine rings is 1. The van der Waals surface area contributed by atoms with Crippen LogP contribution < -0.4 is 0 Å². The molecule has 2 aromatic heterocycles. The van der Waals surface area contributed by atoms with Gasteiger partial charge in [-0.3, -0.25) is 9.69 Å². The molecular weight excluding hydrogens is 326 g/mol. The Morgan fingerprint density at radius 2 is 2.05 bits per heavy atom. The monoisotopic (exact) mass is 341 g/mol. The van der Waals surface area contributed by atoms with Crippen LogP contribution in [0.15, 0.2) is 29.6 Å². The van der Waals surface area contributed by atoms with Crippen LogP contribution in [0, 0.1) is 5.92 Å². The SMILES string of the molecule is O=C(O)C1CCN(C(c2cccs2)c2ccc(Cl)s2)CC1. The Bertz CT molecular complexity index is 603. The predicted octanol–water partition coefficient (Wildman–Crippen LogP) is 4.35. The van der Waals surface area contributed by atoms with Crippen molar-refractivity contribution >= 4 is 40.2 Å². The summed E-state index contributed by atoms with van der Waals surface area (Å²) in [5.74, 6) is -0.862. The van der Waals surface area contributed by atoms with Gasteiger partial charge in [0.1, 0.15) is 0 Å². The fourth-order valence-corrected chi connectivity index (χ4v) is 4.99. The van der Waals surface area contributed by atoms with E-state index in [9.17, 15) is 4.79 Å². The van der Waals surface area contributed by atoms with Crippen molar-refractivity contribution < 1.29 is 9.90 Å². The minimum Gasteiger partial charge on any atom is -0.481 e. The van der Waals surface area contributed by atoms with Crippen LogP contribution in [0.3, 0.4) is 0 Å². The van der Waals surface area contributed by atoms with Gasteiger partial charge in [-0.15, -0.1) is 22.7 Å². The molecular formula is C15H16ClNO2S2. The maximum Gasteiger partial charge on any atom is 0.306 e. The van der Waals surface area contributed by atoms with Gasteiger partial charge in [-0.25, -0.2) is 0 Å². The van der Waals surface area contributed by atoms with Gasteiger partial charge in [-0.05, 0) is 49.5 Å². The molecule has 0 saturated carbocycles. The number of carboxylic acids is 1. The molecule has 3 heterocycles. The lowest BCUT2D eigenvalue weighted by molar-refractivity contribution is -0.143. The largest absolute Gasteiger partial charge is 0.481 e. The second-order valence-electron chi connectivity index (χ2n) is 5.21. The highest BCUT2D eigenvalue weighted by Gasteiger charge is 2.31.